The second kappa shape index (κ2) is 8.22. The van der Waals surface area contributed by atoms with Crippen LogP contribution in [0.2, 0.25) is 5.02 Å². The van der Waals surface area contributed by atoms with Crippen molar-refractivity contribution in [3.63, 3.8) is 0 Å². The number of aliphatic hydroxyl groups is 1. The first-order valence-corrected chi connectivity index (χ1v) is 6.45. The van der Waals surface area contributed by atoms with Gasteiger partial charge in [0.2, 0.25) is 0 Å². The Balaban J connectivity index is 2.75. The number of rotatable bonds is 8. The molecule has 0 radical (unpaired) electrons. The fraction of sp³-hybridized carbons (Fsp3) is 0.538. The average molecular weight is 290 g/mol. The number of halogens is 1. The van der Waals surface area contributed by atoms with E-state index in [1.165, 1.54) is 7.11 Å². The summed E-state index contributed by atoms with van der Waals surface area (Å²) in [6, 6.07) is 3.36. The summed E-state index contributed by atoms with van der Waals surface area (Å²) in [5.41, 5.74) is 6.38. The van der Waals surface area contributed by atoms with E-state index in [0.717, 1.165) is 5.56 Å². The highest BCUT2D eigenvalue weighted by Gasteiger charge is 2.14. The highest BCUT2D eigenvalue weighted by Crippen LogP contribution is 2.34. The SMILES string of the molecule is CCOCC(O)COc1c(CN)cc(Cl)cc1OC. The van der Waals surface area contributed by atoms with Crippen LogP contribution in [0.1, 0.15) is 12.5 Å². The van der Waals surface area contributed by atoms with Crippen LogP contribution >= 0.6 is 11.6 Å². The molecule has 0 aliphatic rings. The molecule has 0 fully saturated rings. The maximum Gasteiger partial charge on any atom is 0.165 e. The van der Waals surface area contributed by atoms with Crippen molar-refractivity contribution in [2.45, 2.75) is 19.6 Å². The predicted molar refractivity (Wildman–Crippen MR) is 73.9 cm³/mol. The zero-order valence-electron chi connectivity index (χ0n) is 11.2. The Kier molecular flexibility index (Phi) is 6.94. The largest absolute Gasteiger partial charge is 0.493 e. The van der Waals surface area contributed by atoms with Crippen molar-refractivity contribution >= 4 is 11.6 Å². The highest BCUT2D eigenvalue weighted by molar-refractivity contribution is 6.30. The van der Waals surface area contributed by atoms with Gasteiger partial charge in [0, 0.05) is 29.8 Å². The van der Waals surface area contributed by atoms with Gasteiger partial charge in [-0.3, -0.25) is 0 Å². The van der Waals surface area contributed by atoms with Crippen LogP contribution in [0.3, 0.4) is 0 Å². The van der Waals surface area contributed by atoms with Gasteiger partial charge in [-0.2, -0.15) is 0 Å². The molecule has 0 saturated heterocycles. The molecular weight excluding hydrogens is 270 g/mol. The molecule has 0 amide bonds. The van der Waals surface area contributed by atoms with Crippen molar-refractivity contribution in [1.82, 2.24) is 0 Å². The predicted octanol–water partition coefficient (Wildman–Crippen LogP) is 1.58. The third-order valence-corrected chi connectivity index (χ3v) is 2.69. The summed E-state index contributed by atoms with van der Waals surface area (Å²) < 4.78 is 15.9. The number of hydrogen-bond acceptors (Lipinski definition) is 5. The van der Waals surface area contributed by atoms with Crippen LogP contribution in [0.5, 0.6) is 11.5 Å². The molecule has 5 nitrogen and oxygen atoms in total. The van der Waals surface area contributed by atoms with Gasteiger partial charge >= 0.3 is 0 Å². The second-order valence-corrected chi connectivity index (χ2v) is 4.36. The topological polar surface area (TPSA) is 73.9 Å². The van der Waals surface area contributed by atoms with Crippen LogP contribution in [0.15, 0.2) is 12.1 Å². The summed E-state index contributed by atoms with van der Waals surface area (Å²) in [5.74, 6) is 1.00. The fourth-order valence-electron chi connectivity index (χ4n) is 1.57. The van der Waals surface area contributed by atoms with Crippen molar-refractivity contribution < 1.29 is 19.3 Å². The van der Waals surface area contributed by atoms with Gasteiger partial charge in [-0.05, 0) is 13.0 Å². The van der Waals surface area contributed by atoms with Crippen molar-refractivity contribution in [3.8, 4) is 11.5 Å². The summed E-state index contributed by atoms with van der Waals surface area (Å²) >= 11 is 5.95. The van der Waals surface area contributed by atoms with E-state index in [9.17, 15) is 5.11 Å². The minimum Gasteiger partial charge on any atom is -0.493 e. The van der Waals surface area contributed by atoms with Crippen LogP contribution < -0.4 is 15.2 Å². The van der Waals surface area contributed by atoms with Crippen molar-refractivity contribution in [2.75, 3.05) is 26.9 Å². The summed E-state index contributed by atoms with van der Waals surface area (Å²) in [5, 5.41) is 10.2. The Morgan fingerprint density at radius 1 is 1.37 bits per heavy atom. The van der Waals surface area contributed by atoms with Gasteiger partial charge < -0.3 is 25.1 Å². The standard InChI is InChI=1S/C13H20ClNO4/c1-3-18-7-11(16)8-19-13-9(6-15)4-10(14)5-12(13)17-2/h4-5,11,16H,3,6-8,15H2,1-2H3. The third kappa shape index (κ3) is 4.87. The van der Waals surface area contributed by atoms with E-state index < -0.39 is 6.10 Å². The van der Waals surface area contributed by atoms with E-state index in [1.807, 2.05) is 6.92 Å². The molecular formula is C13H20ClNO4. The van der Waals surface area contributed by atoms with E-state index >= 15 is 0 Å². The average Bonchev–Trinajstić information content (AvgIpc) is 2.42. The lowest BCUT2D eigenvalue weighted by Gasteiger charge is -2.17. The van der Waals surface area contributed by atoms with E-state index in [1.54, 1.807) is 12.1 Å². The Labute approximate surface area is 118 Å². The lowest BCUT2D eigenvalue weighted by Crippen LogP contribution is -2.24. The lowest BCUT2D eigenvalue weighted by molar-refractivity contribution is 0.0158. The quantitative estimate of drug-likeness (QED) is 0.760. The van der Waals surface area contributed by atoms with Crippen LogP contribution in [0.4, 0.5) is 0 Å². The van der Waals surface area contributed by atoms with E-state index in [4.69, 9.17) is 31.5 Å². The van der Waals surface area contributed by atoms with E-state index in [2.05, 4.69) is 0 Å². The third-order valence-electron chi connectivity index (χ3n) is 2.47. The Bertz CT molecular complexity index is 375. The molecule has 0 spiro atoms. The molecule has 1 unspecified atom stereocenters. The number of aliphatic hydroxyl groups excluding tert-OH is 1. The van der Waals surface area contributed by atoms with Gasteiger partial charge in [0.1, 0.15) is 12.7 Å². The highest BCUT2D eigenvalue weighted by atomic mass is 35.5. The molecule has 0 saturated carbocycles. The molecule has 1 rings (SSSR count). The summed E-state index contributed by atoms with van der Waals surface area (Å²) in [7, 11) is 1.52. The first-order chi connectivity index (χ1) is 9.12. The Hall–Kier alpha value is -1.01. The van der Waals surface area contributed by atoms with E-state index in [-0.39, 0.29) is 19.8 Å². The molecule has 1 atom stereocenters. The molecule has 0 heterocycles. The number of benzene rings is 1. The molecule has 1 aromatic carbocycles. The van der Waals surface area contributed by atoms with Gasteiger partial charge in [0.25, 0.3) is 0 Å². The van der Waals surface area contributed by atoms with Crippen LogP contribution in [0.25, 0.3) is 0 Å². The summed E-state index contributed by atoms with van der Waals surface area (Å²) in [6.07, 6.45) is -0.703. The number of nitrogens with two attached hydrogens (primary N) is 1. The monoisotopic (exact) mass is 289 g/mol. The fourth-order valence-corrected chi connectivity index (χ4v) is 1.80. The molecule has 0 aliphatic carbocycles. The molecule has 0 bridgehead atoms. The molecule has 3 N–H and O–H groups in total. The minimum atomic E-state index is -0.703. The van der Waals surface area contributed by atoms with Crippen LogP contribution in [-0.2, 0) is 11.3 Å². The summed E-state index contributed by atoms with van der Waals surface area (Å²) in [4.78, 5) is 0. The molecule has 0 aliphatic heterocycles. The molecule has 0 aromatic heterocycles. The molecule has 19 heavy (non-hydrogen) atoms. The van der Waals surface area contributed by atoms with Gasteiger partial charge in [0.15, 0.2) is 11.5 Å². The number of methoxy groups -OCH3 is 1. The molecule has 1 aromatic rings. The lowest BCUT2D eigenvalue weighted by atomic mass is 10.2. The number of hydrogen-bond donors (Lipinski definition) is 2. The maximum atomic E-state index is 9.68. The van der Waals surface area contributed by atoms with Gasteiger partial charge in [-0.15, -0.1) is 0 Å². The van der Waals surface area contributed by atoms with E-state index in [0.29, 0.717) is 23.1 Å². The van der Waals surface area contributed by atoms with Crippen molar-refractivity contribution in [1.29, 1.82) is 0 Å². The van der Waals surface area contributed by atoms with Gasteiger partial charge in [-0.1, -0.05) is 11.6 Å². The Morgan fingerprint density at radius 3 is 2.68 bits per heavy atom. The number of ether oxygens (including phenoxy) is 3. The smallest absolute Gasteiger partial charge is 0.165 e. The zero-order chi connectivity index (χ0) is 14.3. The second-order valence-electron chi connectivity index (χ2n) is 3.92. The first-order valence-electron chi connectivity index (χ1n) is 6.07. The van der Waals surface area contributed by atoms with Gasteiger partial charge in [0.05, 0.1) is 13.7 Å². The van der Waals surface area contributed by atoms with Crippen LogP contribution in [-0.4, -0.2) is 38.1 Å². The van der Waals surface area contributed by atoms with Crippen molar-refractivity contribution in [3.05, 3.63) is 22.7 Å². The maximum absolute atomic E-state index is 9.68. The minimum absolute atomic E-state index is 0.102. The first kappa shape index (κ1) is 16.0. The van der Waals surface area contributed by atoms with Gasteiger partial charge in [-0.25, -0.2) is 0 Å². The normalized spacial score (nSPS) is 12.3. The molecule has 108 valence electrons. The van der Waals surface area contributed by atoms with Crippen molar-refractivity contribution in [2.24, 2.45) is 5.73 Å². The zero-order valence-corrected chi connectivity index (χ0v) is 11.9. The van der Waals surface area contributed by atoms with Crippen LogP contribution in [0, 0.1) is 0 Å². The molecule has 6 heteroatoms. The Morgan fingerprint density at radius 2 is 2.11 bits per heavy atom. The summed E-state index contributed by atoms with van der Waals surface area (Å²) in [6.45, 7) is 3.01.